The van der Waals surface area contributed by atoms with Crippen molar-refractivity contribution in [2.45, 2.75) is 38.3 Å². The van der Waals surface area contributed by atoms with E-state index < -0.39 is 0 Å². The minimum absolute atomic E-state index is 0.107. The maximum absolute atomic E-state index is 13.5. The Morgan fingerprint density at radius 1 is 1.22 bits per heavy atom. The Labute approximate surface area is 212 Å². The number of carbonyl (C=O) groups excluding carboxylic acids is 1. The van der Waals surface area contributed by atoms with Crippen molar-refractivity contribution in [3.63, 3.8) is 0 Å². The first-order valence-electron chi connectivity index (χ1n) is 11.9. The number of hydrogen-bond donors (Lipinski definition) is 3. The third kappa shape index (κ3) is 3.86. The molecule has 1 aliphatic carbocycles. The third-order valence-electron chi connectivity index (χ3n) is 6.71. The van der Waals surface area contributed by atoms with Gasteiger partial charge in [-0.3, -0.25) is 4.90 Å². The van der Waals surface area contributed by atoms with Gasteiger partial charge in [-0.25, -0.2) is 14.8 Å². The number of rotatable bonds is 6. The van der Waals surface area contributed by atoms with E-state index in [4.69, 9.17) is 10.5 Å². The number of nitrogens with two attached hydrogens (primary N) is 1. The third-order valence-corrected chi connectivity index (χ3v) is 7.87. The summed E-state index contributed by atoms with van der Waals surface area (Å²) >= 11 is 1.51. The first kappa shape index (κ1) is 22.5. The van der Waals surface area contributed by atoms with Crippen LogP contribution in [0.1, 0.15) is 29.7 Å². The van der Waals surface area contributed by atoms with E-state index in [-0.39, 0.29) is 18.1 Å². The number of amides is 2. The van der Waals surface area contributed by atoms with Crippen molar-refractivity contribution < 1.29 is 9.53 Å². The lowest BCUT2D eigenvalue weighted by Gasteiger charge is -2.29. The minimum Gasteiger partial charge on any atom is -0.439 e. The zero-order valence-electron chi connectivity index (χ0n) is 19.8. The number of urea groups is 1. The van der Waals surface area contributed by atoms with Gasteiger partial charge >= 0.3 is 6.03 Å². The molecule has 36 heavy (non-hydrogen) atoms. The zero-order chi connectivity index (χ0) is 24.8. The number of thiophene rings is 1. The molecule has 6 rings (SSSR count). The number of nitrogens with zero attached hydrogens (tertiary/aromatic N) is 3. The van der Waals surface area contributed by atoms with Crippen LogP contribution < -0.4 is 26.0 Å². The number of aryl methyl sites for hydroxylation is 1. The molecule has 4 N–H and O–H groups in total. The van der Waals surface area contributed by atoms with Gasteiger partial charge < -0.3 is 21.1 Å². The highest BCUT2D eigenvalue weighted by Gasteiger charge is 2.33. The summed E-state index contributed by atoms with van der Waals surface area (Å²) in [6.07, 6.45) is 6.52. The molecule has 9 heteroatoms. The fourth-order valence-electron chi connectivity index (χ4n) is 4.92. The van der Waals surface area contributed by atoms with E-state index >= 15 is 0 Å². The van der Waals surface area contributed by atoms with E-state index in [0.29, 0.717) is 17.3 Å². The van der Waals surface area contributed by atoms with Crippen molar-refractivity contribution in [2.24, 2.45) is 5.73 Å². The largest absolute Gasteiger partial charge is 0.439 e. The summed E-state index contributed by atoms with van der Waals surface area (Å²) in [5.41, 5.74) is 10.0. The second-order valence-electron chi connectivity index (χ2n) is 9.13. The molecule has 0 radical (unpaired) electrons. The van der Waals surface area contributed by atoms with Crippen molar-refractivity contribution in [3.05, 3.63) is 71.9 Å². The topological polar surface area (TPSA) is 105 Å². The first-order chi connectivity index (χ1) is 17.5. The lowest BCUT2D eigenvalue weighted by atomic mass is 10.1. The van der Waals surface area contributed by atoms with E-state index in [1.165, 1.54) is 11.3 Å². The van der Waals surface area contributed by atoms with E-state index in [1.54, 1.807) is 17.3 Å². The summed E-state index contributed by atoms with van der Waals surface area (Å²) in [5.74, 6) is 1.16. The highest BCUT2D eigenvalue weighted by molar-refractivity contribution is 7.20. The van der Waals surface area contributed by atoms with Crippen molar-refractivity contribution in [1.82, 2.24) is 15.3 Å². The number of aromatic nitrogens is 2. The van der Waals surface area contributed by atoms with E-state index in [1.807, 2.05) is 49.4 Å². The fourth-order valence-corrected chi connectivity index (χ4v) is 5.97. The average molecular weight is 499 g/mol. The molecular weight excluding hydrogens is 472 g/mol. The molecule has 0 saturated heterocycles. The summed E-state index contributed by atoms with van der Waals surface area (Å²) < 4.78 is 5.87. The number of nitrogens with one attached hydrogen (secondary N) is 2. The van der Waals surface area contributed by atoms with Crippen molar-refractivity contribution in [1.29, 1.82) is 0 Å². The van der Waals surface area contributed by atoms with Crippen LogP contribution in [-0.2, 0) is 0 Å². The van der Waals surface area contributed by atoms with Gasteiger partial charge in [0.05, 0.1) is 33.5 Å². The Morgan fingerprint density at radius 2 is 2.06 bits per heavy atom. The summed E-state index contributed by atoms with van der Waals surface area (Å²) in [5, 5.41) is 7.47. The fraction of sp³-hybridized carbons (Fsp3) is 0.222. The lowest BCUT2D eigenvalue weighted by molar-refractivity contribution is 0.258. The monoisotopic (exact) mass is 498 g/mol. The Hall–Kier alpha value is -3.95. The molecule has 1 aromatic carbocycles. The van der Waals surface area contributed by atoms with Crippen LogP contribution in [0.4, 0.5) is 21.9 Å². The maximum atomic E-state index is 13.5. The smallest absolute Gasteiger partial charge is 0.331 e. The predicted octanol–water partition coefficient (Wildman–Crippen LogP) is 5.92. The molecule has 182 valence electrons. The standard InChI is InChI=1S/C27H26N6O2S/c1-15-13-22(35-17-7-4-3-5-8-17)30-14-21(15)33-20-11-12-29-26-23(20)24(32-27(33)34)25(36-26)16(2)31-19-10-6-9-18(19)28/h3-5,7-8,11-14,18-19,31H,2,6,9-10,28H2,1H3,(H,32,34)/t18-,19+/m0/s1. The van der Waals surface area contributed by atoms with Crippen LogP contribution in [0.25, 0.3) is 15.9 Å². The molecule has 1 aliphatic heterocycles. The number of pyridine rings is 2. The van der Waals surface area contributed by atoms with Crippen molar-refractivity contribution in [2.75, 3.05) is 10.2 Å². The molecule has 1 fully saturated rings. The number of benzene rings is 1. The van der Waals surface area contributed by atoms with Crippen molar-refractivity contribution >= 4 is 50.3 Å². The number of carbonyl (C=O) groups is 1. The van der Waals surface area contributed by atoms with Crippen LogP contribution in [0.5, 0.6) is 11.6 Å². The SMILES string of the molecule is C=C(N[C@@H]1CCC[C@@H]1N)c1sc2nccc3c2c1NC(=O)N3c1cnc(Oc2ccccc2)cc1C. The van der Waals surface area contributed by atoms with Crippen LogP contribution in [0.15, 0.2) is 61.4 Å². The van der Waals surface area contributed by atoms with Crippen LogP contribution in [0.2, 0.25) is 0 Å². The number of ether oxygens (including phenoxy) is 1. The Morgan fingerprint density at radius 3 is 2.81 bits per heavy atom. The van der Waals surface area contributed by atoms with E-state index in [0.717, 1.165) is 57.0 Å². The molecular formula is C27H26N6O2S. The van der Waals surface area contributed by atoms with Gasteiger partial charge in [0.25, 0.3) is 0 Å². The second-order valence-corrected chi connectivity index (χ2v) is 10.1. The highest BCUT2D eigenvalue weighted by atomic mass is 32.1. The van der Waals surface area contributed by atoms with Crippen molar-refractivity contribution in [3.8, 4) is 11.6 Å². The van der Waals surface area contributed by atoms with Gasteiger partial charge in [0.2, 0.25) is 5.88 Å². The molecule has 1 saturated carbocycles. The molecule has 0 spiro atoms. The average Bonchev–Trinajstić information content (AvgIpc) is 3.45. The van der Waals surface area contributed by atoms with Crippen LogP contribution in [0.3, 0.4) is 0 Å². The van der Waals surface area contributed by atoms with Crippen LogP contribution in [-0.4, -0.2) is 28.1 Å². The molecule has 4 heterocycles. The van der Waals surface area contributed by atoms with Gasteiger partial charge in [-0.2, -0.15) is 0 Å². The quantitative estimate of drug-likeness (QED) is 0.305. The zero-order valence-corrected chi connectivity index (χ0v) is 20.6. The van der Waals surface area contributed by atoms with Gasteiger partial charge in [0, 0.05) is 30.0 Å². The van der Waals surface area contributed by atoms with Crippen LogP contribution >= 0.6 is 11.3 Å². The van der Waals surface area contributed by atoms with Gasteiger partial charge in [0.1, 0.15) is 10.6 Å². The molecule has 8 nitrogen and oxygen atoms in total. The summed E-state index contributed by atoms with van der Waals surface area (Å²) in [4.78, 5) is 25.9. The molecule has 0 bridgehead atoms. The number of anilines is 3. The summed E-state index contributed by atoms with van der Waals surface area (Å²) in [6, 6.07) is 13.2. The Balaban J connectivity index is 1.35. The van der Waals surface area contributed by atoms with Gasteiger partial charge in [0.15, 0.2) is 0 Å². The van der Waals surface area contributed by atoms with Gasteiger partial charge in [-0.15, -0.1) is 11.3 Å². The second kappa shape index (κ2) is 8.92. The number of hydrogen-bond acceptors (Lipinski definition) is 7. The normalized spacial score (nSPS) is 18.8. The van der Waals surface area contributed by atoms with E-state index in [9.17, 15) is 4.79 Å². The molecule has 3 aromatic heterocycles. The van der Waals surface area contributed by atoms with Gasteiger partial charge in [-0.05, 0) is 49.9 Å². The Bertz CT molecular complexity index is 1480. The number of para-hydroxylation sites is 1. The first-order valence-corrected chi connectivity index (χ1v) is 12.7. The predicted molar refractivity (Wildman–Crippen MR) is 144 cm³/mol. The van der Waals surface area contributed by atoms with E-state index in [2.05, 4.69) is 27.2 Å². The molecule has 2 amide bonds. The molecule has 4 aromatic rings. The molecule has 0 unspecified atom stereocenters. The maximum Gasteiger partial charge on any atom is 0.331 e. The van der Waals surface area contributed by atoms with Crippen LogP contribution in [0, 0.1) is 6.92 Å². The molecule has 2 atom stereocenters. The summed E-state index contributed by atoms with van der Waals surface area (Å²) in [7, 11) is 0. The minimum atomic E-state index is -0.262. The molecule has 2 aliphatic rings. The summed E-state index contributed by atoms with van der Waals surface area (Å²) in [6.45, 7) is 6.20. The lowest BCUT2D eigenvalue weighted by Crippen LogP contribution is -2.40. The van der Waals surface area contributed by atoms with Gasteiger partial charge in [-0.1, -0.05) is 24.8 Å². The Kier molecular flexibility index (Phi) is 5.58. The highest BCUT2D eigenvalue weighted by Crippen LogP contribution is 2.47.